The van der Waals surface area contributed by atoms with Crippen LogP contribution in [0.25, 0.3) is 0 Å². The number of nitrogens with zero attached hydrogens (tertiary/aromatic N) is 3. The number of para-hydroxylation sites is 1. The first-order chi connectivity index (χ1) is 9.00. The van der Waals surface area contributed by atoms with Crippen molar-refractivity contribution in [2.45, 2.75) is 6.42 Å². The van der Waals surface area contributed by atoms with E-state index in [-0.39, 0.29) is 23.8 Å². The number of nitrogen functional groups attached to an aromatic ring is 1. The van der Waals surface area contributed by atoms with E-state index >= 15 is 0 Å². The molecule has 2 rings (SSSR count). The molecule has 1 aliphatic heterocycles. The summed E-state index contributed by atoms with van der Waals surface area (Å²) in [5, 5.41) is 11.1. The van der Waals surface area contributed by atoms with Crippen LogP contribution in [0.2, 0.25) is 0 Å². The van der Waals surface area contributed by atoms with Crippen LogP contribution in [0.15, 0.2) is 18.2 Å². The van der Waals surface area contributed by atoms with Crippen LogP contribution < -0.4 is 10.6 Å². The standard InChI is InChI=1S/C12H16N4O3/c1-14-6-3-7-15(8-11(14)17)10-5-2-4-9(13)12(10)16(18)19/h2,4-5H,3,6-8,13H2,1H3. The number of anilines is 2. The van der Waals surface area contributed by atoms with Gasteiger partial charge in [0.1, 0.15) is 11.4 Å². The number of likely N-dealkylation sites (N-methyl/N-ethyl adjacent to an activating group) is 1. The number of nitro benzene ring substituents is 1. The second-order valence-corrected chi connectivity index (χ2v) is 4.56. The summed E-state index contributed by atoms with van der Waals surface area (Å²) in [6, 6.07) is 4.79. The number of carbonyl (C=O) groups excluding carboxylic acids is 1. The summed E-state index contributed by atoms with van der Waals surface area (Å²) in [4.78, 5) is 25.8. The maximum absolute atomic E-state index is 11.8. The highest BCUT2D eigenvalue weighted by Gasteiger charge is 2.26. The Bertz CT molecular complexity index is 518. The van der Waals surface area contributed by atoms with Crippen LogP contribution in [0, 0.1) is 10.1 Å². The third-order valence-corrected chi connectivity index (χ3v) is 3.24. The smallest absolute Gasteiger partial charge is 0.315 e. The van der Waals surface area contributed by atoms with E-state index in [1.807, 2.05) is 0 Å². The first-order valence-corrected chi connectivity index (χ1v) is 6.02. The van der Waals surface area contributed by atoms with E-state index in [2.05, 4.69) is 0 Å². The van der Waals surface area contributed by atoms with Gasteiger partial charge < -0.3 is 15.5 Å². The Morgan fingerprint density at radius 2 is 2.11 bits per heavy atom. The third-order valence-electron chi connectivity index (χ3n) is 3.24. The molecule has 1 fully saturated rings. The fourth-order valence-electron chi connectivity index (χ4n) is 2.19. The Balaban J connectivity index is 2.38. The molecular weight excluding hydrogens is 248 g/mol. The summed E-state index contributed by atoms with van der Waals surface area (Å²) in [6.07, 6.45) is 0.772. The molecule has 7 heteroatoms. The van der Waals surface area contributed by atoms with Crippen LogP contribution in [0.3, 0.4) is 0 Å². The maximum Gasteiger partial charge on any atom is 0.315 e. The van der Waals surface area contributed by atoms with Gasteiger partial charge in [-0.15, -0.1) is 0 Å². The van der Waals surface area contributed by atoms with Crippen LogP contribution in [0.4, 0.5) is 17.1 Å². The van der Waals surface area contributed by atoms with Gasteiger partial charge in [-0.3, -0.25) is 14.9 Å². The number of benzene rings is 1. The quantitative estimate of drug-likeness (QED) is 0.485. The Hall–Kier alpha value is -2.31. The van der Waals surface area contributed by atoms with Crippen molar-refractivity contribution >= 4 is 23.0 Å². The summed E-state index contributed by atoms with van der Waals surface area (Å²) in [5.74, 6) is -0.0470. The summed E-state index contributed by atoms with van der Waals surface area (Å²) in [6.45, 7) is 1.40. The lowest BCUT2D eigenvalue weighted by Crippen LogP contribution is -2.34. The highest BCUT2D eigenvalue weighted by atomic mass is 16.6. The number of rotatable bonds is 2. The Labute approximate surface area is 110 Å². The van der Waals surface area contributed by atoms with Gasteiger partial charge in [-0.1, -0.05) is 6.07 Å². The average Bonchev–Trinajstić information content (AvgIpc) is 2.51. The van der Waals surface area contributed by atoms with E-state index < -0.39 is 4.92 Å². The predicted molar refractivity (Wildman–Crippen MR) is 72.0 cm³/mol. The van der Waals surface area contributed by atoms with E-state index in [0.29, 0.717) is 18.8 Å². The SMILES string of the molecule is CN1CCCN(c2cccc(N)c2[N+](=O)[O-])CC1=O. The molecule has 0 radical (unpaired) electrons. The molecule has 0 bridgehead atoms. The second-order valence-electron chi connectivity index (χ2n) is 4.56. The van der Waals surface area contributed by atoms with Crippen LogP contribution in [-0.2, 0) is 4.79 Å². The zero-order valence-corrected chi connectivity index (χ0v) is 10.7. The molecule has 1 amide bonds. The summed E-state index contributed by atoms with van der Waals surface area (Å²) in [5.41, 5.74) is 6.07. The molecule has 102 valence electrons. The van der Waals surface area contributed by atoms with Crippen molar-refractivity contribution in [1.29, 1.82) is 0 Å². The van der Waals surface area contributed by atoms with Gasteiger partial charge in [-0.25, -0.2) is 0 Å². The van der Waals surface area contributed by atoms with Crippen LogP contribution in [-0.4, -0.2) is 42.4 Å². The fraction of sp³-hybridized carbons (Fsp3) is 0.417. The molecule has 2 N–H and O–H groups in total. The Kier molecular flexibility index (Phi) is 3.55. The third kappa shape index (κ3) is 2.59. The average molecular weight is 264 g/mol. The number of hydrogen-bond donors (Lipinski definition) is 1. The molecule has 0 spiro atoms. The van der Waals surface area contributed by atoms with E-state index in [0.717, 1.165) is 6.42 Å². The van der Waals surface area contributed by atoms with Crippen LogP contribution >= 0.6 is 0 Å². The molecule has 7 nitrogen and oxygen atoms in total. The molecule has 0 unspecified atom stereocenters. The molecule has 0 aromatic heterocycles. The van der Waals surface area contributed by atoms with Gasteiger partial charge in [-0.2, -0.15) is 0 Å². The summed E-state index contributed by atoms with van der Waals surface area (Å²) >= 11 is 0. The molecule has 1 aliphatic rings. The molecule has 19 heavy (non-hydrogen) atoms. The van der Waals surface area contributed by atoms with Crippen molar-refractivity contribution in [2.75, 3.05) is 37.3 Å². The second kappa shape index (κ2) is 5.13. The monoisotopic (exact) mass is 264 g/mol. The van der Waals surface area contributed by atoms with Gasteiger partial charge in [0, 0.05) is 20.1 Å². The van der Waals surface area contributed by atoms with Crippen LogP contribution in [0.1, 0.15) is 6.42 Å². The van der Waals surface area contributed by atoms with Gasteiger partial charge in [0.05, 0.1) is 11.5 Å². The number of amides is 1. The molecule has 0 atom stereocenters. The van der Waals surface area contributed by atoms with E-state index in [4.69, 9.17) is 5.73 Å². The van der Waals surface area contributed by atoms with Gasteiger partial charge >= 0.3 is 5.69 Å². The Morgan fingerprint density at radius 3 is 2.79 bits per heavy atom. The lowest BCUT2D eigenvalue weighted by Gasteiger charge is -2.22. The number of hydrogen-bond acceptors (Lipinski definition) is 5. The van der Waals surface area contributed by atoms with Crippen molar-refractivity contribution in [3.63, 3.8) is 0 Å². The maximum atomic E-state index is 11.8. The van der Waals surface area contributed by atoms with E-state index in [1.54, 1.807) is 29.0 Å². The first kappa shape index (κ1) is 13.1. The van der Waals surface area contributed by atoms with Crippen molar-refractivity contribution < 1.29 is 9.72 Å². The topological polar surface area (TPSA) is 92.7 Å². The zero-order valence-electron chi connectivity index (χ0n) is 10.7. The fourth-order valence-corrected chi connectivity index (χ4v) is 2.19. The minimum atomic E-state index is -0.496. The molecule has 0 aliphatic carbocycles. The largest absolute Gasteiger partial charge is 0.393 e. The van der Waals surface area contributed by atoms with E-state index in [9.17, 15) is 14.9 Å². The van der Waals surface area contributed by atoms with Crippen molar-refractivity contribution in [1.82, 2.24) is 4.90 Å². The molecule has 1 heterocycles. The zero-order chi connectivity index (χ0) is 14.0. The highest BCUT2D eigenvalue weighted by molar-refractivity contribution is 5.84. The molecule has 1 saturated heterocycles. The Morgan fingerprint density at radius 1 is 1.37 bits per heavy atom. The number of nitro groups is 1. The van der Waals surface area contributed by atoms with Crippen molar-refractivity contribution in [2.24, 2.45) is 0 Å². The molecule has 1 aromatic carbocycles. The molecule has 0 saturated carbocycles. The van der Waals surface area contributed by atoms with Gasteiger partial charge in [-0.05, 0) is 18.6 Å². The summed E-state index contributed by atoms with van der Waals surface area (Å²) in [7, 11) is 1.74. The van der Waals surface area contributed by atoms with E-state index in [1.165, 1.54) is 6.07 Å². The first-order valence-electron chi connectivity index (χ1n) is 6.02. The number of carbonyl (C=O) groups is 1. The minimum absolute atomic E-state index is 0.0470. The van der Waals surface area contributed by atoms with Gasteiger partial charge in [0.2, 0.25) is 5.91 Å². The summed E-state index contributed by atoms with van der Waals surface area (Å²) < 4.78 is 0. The van der Waals surface area contributed by atoms with Gasteiger partial charge in [0.15, 0.2) is 0 Å². The van der Waals surface area contributed by atoms with Crippen molar-refractivity contribution in [3.8, 4) is 0 Å². The normalized spacial score (nSPS) is 16.4. The lowest BCUT2D eigenvalue weighted by atomic mass is 10.2. The lowest BCUT2D eigenvalue weighted by molar-refractivity contribution is -0.383. The van der Waals surface area contributed by atoms with Gasteiger partial charge in [0.25, 0.3) is 0 Å². The van der Waals surface area contributed by atoms with Crippen molar-refractivity contribution in [3.05, 3.63) is 28.3 Å². The molecule has 1 aromatic rings. The predicted octanol–water partition coefficient (Wildman–Crippen LogP) is 0.845. The highest BCUT2D eigenvalue weighted by Crippen LogP contribution is 2.33. The number of nitrogens with two attached hydrogens (primary N) is 1. The molecular formula is C12H16N4O3. The van der Waals surface area contributed by atoms with Crippen LogP contribution in [0.5, 0.6) is 0 Å². The minimum Gasteiger partial charge on any atom is -0.393 e.